The van der Waals surface area contributed by atoms with E-state index in [1.807, 2.05) is 0 Å². The van der Waals surface area contributed by atoms with Crippen LogP contribution in [0.5, 0.6) is 0 Å². The molecule has 0 unspecified atom stereocenters. The van der Waals surface area contributed by atoms with Crippen molar-refractivity contribution in [2.45, 2.75) is 0 Å². The Morgan fingerprint density at radius 3 is 3.14 bits per heavy atom. The molecule has 1 amide bonds. The second-order valence-electron chi connectivity index (χ2n) is 4.06. The van der Waals surface area contributed by atoms with Gasteiger partial charge in [-0.25, -0.2) is 4.39 Å². The van der Waals surface area contributed by atoms with E-state index < -0.39 is 11.7 Å². The zero-order chi connectivity index (χ0) is 15.9. The number of benzene rings is 1. The lowest BCUT2D eigenvalue weighted by molar-refractivity contribution is -0.116. The van der Waals surface area contributed by atoms with Gasteiger partial charge in [0.05, 0.1) is 22.5 Å². The lowest BCUT2D eigenvalue weighted by atomic mass is 10.2. The first kappa shape index (κ1) is 16.3. The van der Waals surface area contributed by atoms with Gasteiger partial charge in [-0.3, -0.25) is 9.80 Å². The zero-order valence-electron chi connectivity index (χ0n) is 11.5. The Morgan fingerprint density at radius 1 is 1.64 bits per heavy atom. The zero-order valence-corrected chi connectivity index (χ0v) is 13.1. The molecule has 9 heteroatoms. The molecule has 0 saturated heterocycles. The van der Waals surface area contributed by atoms with Crippen LogP contribution in [0.1, 0.15) is 5.56 Å². The Balaban J connectivity index is 2.09. The molecule has 6 nitrogen and oxygen atoms in total. The Morgan fingerprint density at radius 2 is 2.45 bits per heavy atom. The van der Waals surface area contributed by atoms with Crippen LogP contribution < -0.4 is 5.32 Å². The number of carbonyl (C=O) groups is 1. The predicted molar refractivity (Wildman–Crippen MR) is 86.6 cm³/mol. The van der Waals surface area contributed by atoms with E-state index >= 15 is 0 Å². The van der Waals surface area contributed by atoms with Crippen LogP contribution in [0.2, 0.25) is 5.02 Å². The number of hydrogen-bond acceptors (Lipinski definition) is 6. The molecule has 2 rings (SSSR count). The van der Waals surface area contributed by atoms with Crippen molar-refractivity contribution in [1.82, 2.24) is 5.01 Å². The van der Waals surface area contributed by atoms with Gasteiger partial charge >= 0.3 is 0 Å². The summed E-state index contributed by atoms with van der Waals surface area (Å²) in [5, 5.41) is 13.4. The van der Waals surface area contributed by atoms with Crippen LogP contribution in [0.3, 0.4) is 0 Å². The Hall–Kier alpha value is -2.06. The van der Waals surface area contributed by atoms with Crippen molar-refractivity contribution in [1.29, 1.82) is 0 Å². The van der Waals surface area contributed by atoms with Crippen molar-refractivity contribution < 1.29 is 14.0 Å². The minimum atomic E-state index is -0.638. The van der Waals surface area contributed by atoms with Gasteiger partial charge in [0.2, 0.25) is 5.91 Å². The molecule has 116 valence electrons. The van der Waals surface area contributed by atoms with Crippen molar-refractivity contribution in [3.8, 4) is 0 Å². The summed E-state index contributed by atoms with van der Waals surface area (Å²) in [7, 11) is 1.38. The van der Waals surface area contributed by atoms with E-state index in [1.54, 1.807) is 17.2 Å². The fourth-order valence-corrected chi connectivity index (χ4v) is 2.22. The van der Waals surface area contributed by atoms with E-state index in [-0.39, 0.29) is 17.3 Å². The van der Waals surface area contributed by atoms with Crippen LogP contribution in [-0.2, 0) is 9.63 Å². The highest BCUT2D eigenvalue weighted by Gasteiger charge is 2.13. The minimum Gasteiger partial charge on any atom is -0.399 e. The molecule has 1 aliphatic rings. The molecule has 0 bridgehead atoms. The van der Waals surface area contributed by atoms with Crippen molar-refractivity contribution >= 4 is 46.7 Å². The van der Waals surface area contributed by atoms with E-state index in [0.717, 1.165) is 6.07 Å². The molecule has 0 aliphatic carbocycles. The second-order valence-corrected chi connectivity index (χ2v) is 5.22. The SMILES string of the molecule is CON=Cc1cc(NC(=O)CN2C=CSC=N2)c(F)cc1Cl. The summed E-state index contributed by atoms with van der Waals surface area (Å²) < 4.78 is 13.9. The average molecular weight is 343 g/mol. The lowest BCUT2D eigenvalue weighted by Gasteiger charge is -2.16. The highest BCUT2D eigenvalue weighted by atomic mass is 35.5. The first-order valence-corrected chi connectivity index (χ1v) is 7.39. The maximum atomic E-state index is 13.9. The predicted octanol–water partition coefficient (Wildman–Crippen LogP) is 2.86. The maximum absolute atomic E-state index is 13.9. The second kappa shape index (κ2) is 7.81. The molecule has 0 radical (unpaired) electrons. The third kappa shape index (κ3) is 4.47. The molecule has 1 N–H and O–H groups in total. The molecule has 0 spiro atoms. The van der Waals surface area contributed by atoms with E-state index in [2.05, 4.69) is 20.4 Å². The number of halogens is 2. The number of anilines is 1. The lowest BCUT2D eigenvalue weighted by Crippen LogP contribution is -2.27. The summed E-state index contributed by atoms with van der Waals surface area (Å²) in [6.45, 7) is -0.0306. The van der Waals surface area contributed by atoms with Crippen LogP contribution in [0.15, 0.2) is 34.0 Å². The van der Waals surface area contributed by atoms with E-state index in [4.69, 9.17) is 11.6 Å². The number of rotatable bonds is 5. The third-order valence-corrected chi connectivity index (χ3v) is 3.35. The number of carbonyl (C=O) groups excluding carboxylic acids is 1. The van der Waals surface area contributed by atoms with Crippen LogP contribution in [0.25, 0.3) is 0 Å². The minimum absolute atomic E-state index is 0.00583. The van der Waals surface area contributed by atoms with Gasteiger partial charge < -0.3 is 10.2 Å². The van der Waals surface area contributed by atoms with E-state index in [1.165, 1.54) is 36.2 Å². The van der Waals surface area contributed by atoms with Crippen molar-refractivity contribution in [2.75, 3.05) is 19.0 Å². The molecule has 22 heavy (non-hydrogen) atoms. The fraction of sp³-hybridized carbons (Fsp3) is 0.154. The number of nitrogens with one attached hydrogen (secondary N) is 1. The van der Waals surface area contributed by atoms with Gasteiger partial charge in [0.1, 0.15) is 19.5 Å². The number of thioether (sulfide) groups is 1. The monoisotopic (exact) mass is 342 g/mol. The smallest absolute Gasteiger partial charge is 0.246 e. The van der Waals surface area contributed by atoms with E-state index in [9.17, 15) is 9.18 Å². The molecule has 1 aromatic rings. The molecule has 1 aliphatic heterocycles. The largest absolute Gasteiger partial charge is 0.399 e. The van der Waals surface area contributed by atoms with Gasteiger partial charge in [-0.1, -0.05) is 28.5 Å². The van der Waals surface area contributed by atoms with Gasteiger partial charge in [0, 0.05) is 11.8 Å². The highest BCUT2D eigenvalue weighted by molar-refractivity contribution is 8.14. The first-order valence-electron chi connectivity index (χ1n) is 6.07. The summed E-state index contributed by atoms with van der Waals surface area (Å²) >= 11 is 7.29. The average Bonchev–Trinajstić information content (AvgIpc) is 2.50. The summed E-state index contributed by atoms with van der Waals surface area (Å²) in [5.41, 5.74) is 2.02. The van der Waals surface area contributed by atoms with Crippen LogP contribution in [-0.4, -0.2) is 36.3 Å². The van der Waals surface area contributed by atoms with Crippen LogP contribution >= 0.6 is 23.4 Å². The third-order valence-electron chi connectivity index (χ3n) is 2.53. The number of amides is 1. The summed E-state index contributed by atoms with van der Waals surface area (Å²) in [6.07, 6.45) is 2.98. The molecule has 0 atom stereocenters. The molecule has 0 fully saturated rings. The molecular formula is C13H12ClFN4O2S. The van der Waals surface area contributed by atoms with Gasteiger partial charge in [0.25, 0.3) is 0 Å². The van der Waals surface area contributed by atoms with Crippen molar-refractivity contribution in [3.63, 3.8) is 0 Å². The number of hydrazone groups is 1. The summed E-state index contributed by atoms with van der Waals surface area (Å²) in [5.74, 6) is -1.05. The van der Waals surface area contributed by atoms with Crippen LogP contribution in [0, 0.1) is 5.82 Å². The fourth-order valence-electron chi connectivity index (χ4n) is 1.57. The normalized spacial score (nSPS) is 13.7. The van der Waals surface area contributed by atoms with E-state index in [0.29, 0.717) is 5.56 Å². The van der Waals surface area contributed by atoms with Gasteiger partial charge in [-0.05, 0) is 17.5 Å². The molecular weight excluding hydrogens is 331 g/mol. The Bertz CT molecular complexity index is 639. The van der Waals surface area contributed by atoms with Crippen molar-refractivity contribution in [3.05, 3.63) is 40.1 Å². The molecule has 0 aromatic heterocycles. The number of oxime groups is 1. The van der Waals surface area contributed by atoms with Gasteiger partial charge in [-0.15, -0.1) is 0 Å². The Labute approximate surface area is 135 Å². The van der Waals surface area contributed by atoms with Crippen LogP contribution in [0.4, 0.5) is 10.1 Å². The number of hydrogen-bond donors (Lipinski definition) is 1. The Kier molecular flexibility index (Phi) is 5.79. The quantitative estimate of drug-likeness (QED) is 0.660. The van der Waals surface area contributed by atoms with Crippen molar-refractivity contribution in [2.24, 2.45) is 10.3 Å². The first-order chi connectivity index (χ1) is 10.6. The molecule has 1 heterocycles. The maximum Gasteiger partial charge on any atom is 0.246 e. The summed E-state index contributed by atoms with van der Waals surface area (Å²) in [6, 6.07) is 2.48. The topological polar surface area (TPSA) is 66.3 Å². The van der Waals surface area contributed by atoms with Gasteiger partial charge in [0.15, 0.2) is 0 Å². The summed E-state index contributed by atoms with van der Waals surface area (Å²) in [4.78, 5) is 16.5. The standard InChI is InChI=1S/C13H12ClFN4O2S/c1-21-17-6-9-4-12(11(15)5-10(9)14)18-13(20)7-19-2-3-22-8-16-19/h2-6,8H,7H2,1H3,(H,18,20). The molecule has 0 saturated carbocycles. The van der Waals surface area contributed by atoms with Gasteiger partial charge in [-0.2, -0.15) is 5.10 Å². The number of nitrogens with zero attached hydrogens (tertiary/aromatic N) is 3. The molecule has 1 aromatic carbocycles. The highest BCUT2D eigenvalue weighted by Crippen LogP contribution is 2.23.